The molecule has 2 atom stereocenters. The summed E-state index contributed by atoms with van der Waals surface area (Å²) in [5.41, 5.74) is 7.88. The summed E-state index contributed by atoms with van der Waals surface area (Å²) in [5, 5.41) is 0. The summed E-state index contributed by atoms with van der Waals surface area (Å²) in [6, 6.07) is 5.79. The Hall–Kier alpha value is -0.970. The summed E-state index contributed by atoms with van der Waals surface area (Å²) >= 11 is 0. The Balaban J connectivity index is 1.66. The van der Waals surface area contributed by atoms with Gasteiger partial charge in [-0.2, -0.15) is 0 Å². The minimum atomic E-state index is -0.188. The van der Waals surface area contributed by atoms with Gasteiger partial charge in [-0.3, -0.25) is 4.90 Å². The lowest BCUT2D eigenvalue weighted by molar-refractivity contribution is 0.0354. The van der Waals surface area contributed by atoms with Crippen LogP contribution in [0.5, 0.6) is 0 Å². The van der Waals surface area contributed by atoms with E-state index in [1.54, 1.807) is 12.1 Å². The first-order valence-corrected chi connectivity index (χ1v) is 8.07. The van der Waals surface area contributed by atoms with Crippen LogP contribution in [-0.4, -0.2) is 42.5 Å². The summed E-state index contributed by atoms with van der Waals surface area (Å²) in [5.74, 6) is 0.603. The third-order valence-electron chi connectivity index (χ3n) is 5.21. The average molecular weight is 291 g/mol. The van der Waals surface area contributed by atoms with Gasteiger partial charge in [-0.05, 0) is 68.6 Å². The predicted molar refractivity (Wildman–Crippen MR) is 83.3 cm³/mol. The molecule has 1 aromatic carbocycles. The van der Waals surface area contributed by atoms with Gasteiger partial charge in [0.1, 0.15) is 5.82 Å². The van der Waals surface area contributed by atoms with Crippen molar-refractivity contribution in [2.24, 2.45) is 11.7 Å². The molecule has 2 aliphatic rings. The first-order valence-electron chi connectivity index (χ1n) is 8.07. The smallest absolute Gasteiger partial charge is 0.123 e. The molecule has 0 spiro atoms. The van der Waals surface area contributed by atoms with Crippen LogP contribution in [0.4, 0.5) is 4.39 Å². The number of benzene rings is 1. The molecular formula is C17H26FN3. The van der Waals surface area contributed by atoms with Gasteiger partial charge in [-0.1, -0.05) is 6.07 Å². The fourth-order valence-electron chi connectivity index (χ4n) is 4.05. The van der Waals surface area contributed by atoms with E-state index >= 15 is 0 Å². The van der Waals surface area contributed by atoms with Gasteiger partial charge in [0.05, 0.1) is 0 Å². The number of piperidine rings is 2. The van der Waals surface area contributed by atoms with Crippen LogP contribution in [0.2, 0.25) is 0 Å². The summed E-state index contributed by atoms with van der Waals surface area (Å²) in [4.78, 5) is 5.06. The summed E-state index contributed by atoms with van der Waals surface area (Å²) < 4.78 is 13.3. The number of hydrogen-bond acceptors (Lipinski definition) is 3. The van der Waals surface area contributed by atoms with Crippen LogP contribution < -0.4 is 5.73 Å². The fourth-order valence-corrected chi connectivity index (χ4v) is 4.05. The van der Waals surface area contributed by atoms with Gasteiger partial charge in [0.2, 0.25) is 0 Å². The van der Waals surface area contributed by atoms with Crippen LogP contribution in [0.1, 0.15) is 30.4 Å². The Labute approximate surface area is 126 Å². The highest BCUT2D eigenvalue weighted by molar-refractivity contribution is 5.27. The van der Waals surface area contributed by atoms with Gasteiger partial charge in [0, 0.05) is 25.7 Å². The topological polar surface area (TPSA) is 32.5 Å². The van der Waals surface area contributed by atoms with E-state index in [1.807, 2.05) is 6.07 Å². The minimum absolute atomic E-state index is 0.188. The van der Waals surface area contributed by atoms with Gasteiger partial charge in [-0.15, -0.1) is 0 Å². The third-order valence-corrected chi connectivity index (χ3v) is 5.21. The Bertz CT molecular complexity index is 491. The molecule has 3 nitrogen and oxygen atoms in total. The first kappa shape index (κ1) is 14.9. The lowest BCUT2D eigenvalue weighted by Gasteiger charge is -2.46. The molecule has 3 rings (SSSR count). The standard InChI is InChI=1S/C17H26FN3/c1-20-7-2-3-14-12-21(8-6-17(14)20)11-13-4-5-16(18)9-15(13)10-19/h4-5,9,14,17H,2-3,6-8,10-12,19H2,1H3. The largest absolute Gasteiger partial charge is 0.326 e. The van der Waals surface area contributed by atoms with Crippen molar-refractivity contribution >= 4 is 0 Å². The average Bonchev–Trinajstić information content (AvgIpc) is 2.49. The van der Waals surface area contributed by atoms with Crippen LogP contribution in [0.15, 0.2) is 18.2 Å². The zero-order chi connectivity index (χ0) is 14.8. The number of nitrogens with two attached hydrogens (primary N) is 1. The van der Waals surface area contributed by atoms with E-state index in [0.717, 1.165) is 37.2 Å². The Kier molecular flexibility index (Phi) is 4.57. The predicted octanol–water partition coefficient (Wildman–Crippen LogP) is 2.20. The summed E-state index contributed by atoms with van der Waals surface area (Å²) in [7, 11) is 2.26. The zero-order valence-electron chi connectivity index (χ0n) is 12.9. The van der Waals surface area contributed by atoms with Crippen LogP contribution in [-0.2, 0) is 13.1 Å². The zero-order valence-corrected chi connectivity index (χ0v) is 12.9. The Morgan fingerprint density at radius 3 is 2.90 bits per heavy atom. The first-order chi connectivity index (χ1) is 10.2. The molecule has 0 saturated carbocycles. The lowest BCUT2D eigenvalue weighted by atomic mass is 9.84. The van der Waals surface area contributed by atoms with Gasteiger partial charge in [0.25, 0.3) is 0 Å². The van der Waals surface area contributed by atoms with Crippen LogP contribution in [0, 0.1) is 11.7 Å². The van der Waals surface area contributed by atoms with E-state index in [-0.39, 0.29) is 5.82 Å². The van der Waals surface area contributed by atoms with Gasteiger partial charge in [0.15, 0.2) is 0 Å². The molecule has 0 amide bonds. The molecule has 2 saturated heterocycles. The maximum absolute atomic E-state index is 13.3. The van der Waals surface area contributed by atoms with E-state index in [9.17, 15) is 4.39 Å². The van der Waals surface area contributed by atoms with E-state index in [1.165, 1.54) is 31.4 Å². The number of halogens is 1. The van der Waals surface area contributed by atoms with Crippen LogP contribution >= 0.6 is 0 Å². The van der Waals surface area contributed by atoms with Crippen molar-refractivity contribution in [1.82, 2.24) is 9.80 Å². The van der Waals surface area contributed by atoms with Gasteiger partial charge < -0.3 is 10.6 Å². The second-order valence-corrected chi connectivity index (χ2v) is 6.59. The quantitative estimate of drug-likeness (QED) is 0.926. The van der Waals surface area contributed by atoms with E-state index < -0.39 is 0 Å². The Morgan fingerprint density at radius 1 is 1.24 bits per heavy atom. The fraction of sp³-hybridized carbons (Fsp3) is 0.647. The second kappa shape index (κ2) is 6.42. The van der Waals surface area contributed by atoms with Crippen LogP contribution in [0.25, 0.3) is 0 Å². The molecule has 0 bridgehead atoms. The molecule has 2 heterocycles. The Morgan fingerprint density at radius 2 is 2.10 bits per heavy atom. The SMILES string of the molecule is CN1CCCC2CN(Cc3ccc(F)cc3CN)CCC21. The number of likely N-dealkylation sites (tertiary alicyclic amines) is 2. The van der Waals surface area contributed by atoms with Crippen molar-refractivity contribution in [3.05, 3.63) is 35.1 Å². The van der Waals surface area contributed by atoms with E-state index in [4.69, 9.17) is 5.73 Å². The molecule has 21 heavy (non-hydrogen) atoms. The third kappa shape index (κ3) is 3.28. The minimum Gasteiger partial charge on any atom is -0.326 e. The maximum Gasteiger partial charge on any atom is 0.123 e. The molecule has 0 aromatic heterocycles. The highest BCUT2D eigenvalue weighted by Crippen LogP contribution is 2.30. The lowest BCUT2D eigenvalue weighted by Crippen LogP contribution is -2.52. The van der Waals surface area contributed by atoms with Crippen molar-refractivity contribution in [2.75, 3.05) is 26.7 Å². The molecule has 0 aliphatic carbocycles. The number of hydrogen-bond donors (Lipinski definition) is 1. The molecular weight excluding hydrogens is 265 g/mol. The second-order valence-electron chi connectivity index (χ2n) is 6.59. The van der Waals surface area contributed by atoms with E-state index in [2.05, 4.69) is 16.8 Å². The highest BCUT2D eigenvalue weighted by atomic mass is 19.1. The number of rotatable bonds is 3. The molecule has 2 unspecified atom stereocenters. The maximum atomic E-state index is 13.3. The van der Waals surface area contributed by atoms with Gasteiger partial charge in [-0.25, -0.2) is 4.39 Å². The number of fused-ring (bicyclic) bond motifs is 1. The molecule has 116 valence electrons. The normalized spacial score (nSPS) is 27.6. The van der Waals surface area contributed by atoms with E-state index in [0.29, 0.717) is 6.54 Å². The summed E-state index contributed by atoms with van der Waals surface area (Å²) in [6.45, 7) is 4.86. The van der Waals surface area contributed by atoms with Crippen molar-refractivity contribution in [3.8, 4) is 0 Å². The van der Waals surface area contributed by atoms with Crippen molar-refractivity contribution < 1.29 is 4.39 Å². The van der Waals surface area contributed by atoms with Crippen LogP contribution in [0.3, 0.4) is 0 Å². The molecule has 2 fully saturated rings. The molecule has 1 aromatic rings. The number of nitrogens with zero attached hydrogens (tertiary/aromatic N) is 2. The van der Waals surface area contributed by atoms with Crippen molar-refractivity contribution in [1.29, 1.82) is 0 Å². The molecule has 0 radical (unpaired) electrons. The van der Waals surface area contributed by atoms with Gasteiger partial charge >= 0.3 is 0 Å². The molecule has 2 N–H and O–H groups in total. The molecule has 2 aliphatic heterocycles. The van der Waals surface area contributed by atoms with Crippen molar-refractivity contribution in [3.63, 3.8) is 0 Å². The monoisotopic (exact) mass is 291 g/mol. The van der Waals surface area contributed by atoms with Crippen molar-refractivity contribution in [2.45, 2.75) is 38.4 Å². The molecule has 4 heteroatoms. The highest BCUT2D eigenvalue weighted by Gasteiger charge is 2.34. The summed E-state index contributed by atoms with van der Waals surface area (Å²) in [6.07, 6.45) is 3.91.